The van der Waals surface area contributed by atoms with Gasteiger partial charge in [0.2, 0.25) is 5.91 Å². The second kappa shape index (κ2) is 6.96. The number of imide groups is 1. The SMILES string of the molecule is CC(C)C1C[C@@H]([C@@H]2C[C@@H](C(C)C)C(=O)O2)N(C(=O)OC(C)(C)C)C1=O. The number of rotatable bonds is 3. The van der Waals surface area contributed by atoms with Crippen LogP contribution in [0, 0.1) is 23.7 Å². The number of carbonyl (C=O) groups is 3. The molecule has 4 atom stereocenters. The highest BCUT2D eigenvalue weighted by molar-refractivity contribution is 5.96. The van der Waals surface area contributed by atoms with Crippen LogP contribution in [-0.4, -0.2) is 40.6 Å². The van der Waals surface area contributed by atoms with Gasteiger partial charge in [-0.25, -0.2) is 9.69 Å². The Labute approximate surface area is 150 Å². The maximum Gasteiger partial charge on any atom is 0.417 e. The third kappa shape index (κ3) is 4.15. The molecule has 1 unspecified atom stereocenters. The summed E-state index contributed by atoms with van der Waals surface area (Å²) in [4.78, 5) is 38.8. The van der Waals surface area contributed by atoms with Crippen molar-refractivity contribution in [2.45, 2.75) is 79.1 Å². The first kappa shape index (κ1) is 19.7. The predicted octanol–water partition coefficient (Wildman–Crippen LogP) is 3.38. The molecule has 0 bridgehead atoms. The van der Waals surface area contributed by atoms with Gasteiger partial charge in [-0.1, -0.05) is 27.7 Å². The first-order chi connectivity index (χ1) is 11.4. The summed E-state index contributed by atoms with van der Waals surface area (Å²) in [5, 5.41) is 0. The summed E-state index contributed by atoms with van der Waals surface area (Å²) in [7, 11) is 0. The van der Waals surface area contributed by atoms with Crippen LogP contribution in [0.25, 0.3) is 0 Å². The van der Waals surface area contributed by atoms with Crippen molar-refractivity contribution in [3.8, 4) is 0 Å². The zero-order valence-electron chi connectivity index (χ0n) is 16.4. The van der Waals surface area contributed by atoms with Gasteiger partial charge in [0.1, 0.15) is 11.7 Å². The van der Waals surface area contributed by atoms with Gasteiger partial charge < -0.3 is 9.47 Å². The maximum absolute atomic E-state index is 12.8. The molecule has 0 aliphatic carbocycles. The number of cyclic esters (lactones) is 1. The second-order valence-electron chi connectivity index (χ2n) is 8.90. The number of carbonyl (C=O) groups excluding carboxylic acids is 3. The Morgan fingerprint density at radius 2 is 1.64 bits per heavy atom. The molecule has 0 aromatic heterocycles. The third-order valence-electron chi connectivity index (χ3n) is 5.07. The van der Waals surface area contributed by atoms with Crippen molar-refractivity contribution in [1.29, 1.82) is 0 Å². The van der Waals surface area contributed by atoms with Gasteiger partial charge in [-0.3, -0.25) is 9.59 Å². The molecule has 25 heavy (non-hydrogen) atoms. The highest BCUT2D eigenvalue weighted by Gasteiger charge is 2.52. The molecule has 0 saturated carbocycles. The largest absolute Gasteiger partial charge is 0.460 e. The Bertz CT molecular complexity index is 549. The van der Waals surface area contributed by atoms with Crippen molar-refractivity contribution in [3.05, 3.63) is 0 Å². The fraction of sp³-hybridized carbons (Fsp3) is 0.842. The van der Waals surface area contributed by atoms with Crippen LogP contribution in [0.15, 0.2) is 0 Å². The van der Waals surface area contributed by atoms with E-state index >= 15 is 0 Å². The molecule has 2 rings (SSSR count). The fourth-order valence-electron chi connectivity index (χ4n) is 3.63. The normalized spacial score (nSPS) is 30.4. The molecule has 0 aromatic rings. The molecular formula is C19H31NO5. The molecule has 142 valence electrons. The summed E-state index contributed by atoms with van der Waals surface area (Å²) in [6.45, 7) is 13.2. The second-order valence-corrected chi connectivity index (χ2v) is 8.90. The van der Waals surface area contributed by atoms with Gasteiger partial charge in [0.05, 0.1) is 12.0 Å². The summed E-state index contributed by atoms with van der Waals surface area (Å²) in [5.41, 5.74) is -0.690. The summed E-state index contributed by atoms with van der Waals surface area (Å²) >= 11 is 0. The molecule has 2 amide bonds. The molecule has 0 aromatic carbocycles. The third-order valence-corrected chi connectivity index (χ3v) is 5.07. The molecular weight excluding hydrogens is 322 g/mol. The van der Waals surface area contributed by atoms with E-state index in [-0.39, 0.29) is 35.5 Å². The maximum atomic E-state index is 12.8. The average Bonchev–Trinajstić information content (AvgIpc) is 2.97. The minimum atomic E-state index is -0.690. The van der Waals surface area contributed by atoms with Gasteiger partial charge in [-0.05, 0) is 45.4 Å². The molecule has 2 aliphatic rings. The van der Waals surface area contributed by atoms with Crippen LogP contribution in [0.4, 0.5) is 4.79 Å². The van der Waals surface area contributed by atoms with Crippen LogP contribution in [0.5, 0.6) is 0 Å². The fourth-order valence-corrected chi connectivity index (χ4v) is 3.63. The van der Waals surface area contributed by atoms with E-state index in [1.54, 1.807) is 20.8 Å². The minimum Gasteiger partial charge on any atom is -0.460 e. The molecule has 6 heteroatoms. The number of ether oxygens (including phenoxy) is 2. The zero-order chi connectivity index (χ0) is 19.1. The predicted molar refractivity (Wildman–Crippen MR) is 92.6 cm³/mol. The van der Waals surface area contributed by atoms with E-state index in [9.17, 15) is 14.4 Å². The van der Waals surface area contributed by atoms with Gasteiger partial charge in [0.25, 0.3) is 0 Å². The smallest absolute Gasteiger partial charge is 0.417 e. The van der Waals surface area contributed by atoms with Gasteiger partial charge >= 0.3 is 12.1 Å². The zero-order valence-corrected chi connectivity index (χ0v) is 16.4. The van der Waals surface area contributed by atoms with Crippen LogP contribution in [0.2, 0.25) is 0 Å². The number of likely N-dealkylation sites (tertiary alicyclic amines) is 1. The van der Waals surface area contributed by atoms with Crippen LogP contribution in [-0.2, 0) is 19.1 Å². The van der Waals surface area contributed by atoms with Crippen molar-refractivity contribution >= 4 is 18.0 Å². The van der Waals surface area contributed by atoms with Crippen molar-refractivity contribution in [2.75, 3.05) is 0 Å². The Kier molecular flexibility index (Phi) is 5.50. The molecule has 0 radical (unpaired) electrons. The standard InChI is InChI=1S/C19H31NO5/c1-10(2)12-8-14(15-9-13(11(3)4)17(22)24-15)20(16(12)21)18(23)25-19(5,6)7/h10-15H,8-9H2,1-7H3/t12?,13-,14-,15-/m0/s1. The van der Waals surface area contributed by atoms with Crippen molar-refractivity contribution < 1.29 is 23.9 Å². The first-order valence-electron chi connectivity index (χ1n) is 9.19. The summed E-state index contributed by atoms with van der Waals surface area (Å²) in [6, 6.07) is -0.442. The van der Waals surface area contributed by atoms with Gasteiger partial charge in [-0.2, -0.15) is 0 Å². The summed E-state index contributed by atoms with van der Waals surface area (Å²) in [5.74, 6) is -0.609. The highest BCUT2D eigenvalue weighted by atomic mass is 16.6. The summed E-state index contributed by atoms with van der Waals surface area (Å²) in [6.07, 6.45) is -0.0355. The van der Waals surface area contributed by atoms with Crippen LogP contribution < -0.4 is 0 Å². The van der Waals surface area contributed by atoms with Crippen LogP contribution >= 0.6 is 0 Å². The summed E-state index contributed by atoms with van der Waals surface area (Å²) < 4.78 is 11.0. The molecule has 6 nitrogen and oxygen atoms in total. The number of hydrogen-bond donors (Lipinski definition) is 0. The van der Waals surface area contributed by atoms with Gasteiger partial charge in [0, 0.05) is 5.92 Å². The van der Waals surface area contributed by atoms with Gasteiger partial charge in [-0.15, -0.1) is 0 Å². The lowest BCUT2D eigenvalue weighted by Crippen LogP contribution is -2.47. The van der Waals surface area contributed by atoms with Crippen LogP contribution in [0.3, 0.4) is 0 Å². The molecule has 2 saturated heterocycles. The van der Waals surface area contributed by atoms with E-state index in [1.807, 2.05) is 27.7 Å². The van der Waals surface area contributed by atoms with E-state index < -0.39 is 23.8 Å². The van der Waals surface area contributed by atoms with E-state index in [0.717, 1.165) is 0 Å². The molecule has 0 spiro atoms. The Morgan fingerprint density at radius 1 is 1.08 bits per heavy atom. The van der Waals surface area contributed by atoms with E-state index in [2.05, 4.69) is 0 Å². The van der Waals surface area contributed by atoms with Crippen molar-refractivity contribution in [1.82, 2.24) is 4.90 Å². The number of esters is 1. The average molecular weight is 353 g/mol. The molecule has 0 N–H and O–H groups in total. The monoisotopic (exact) mass is 353 g/mol. The molecule has 2 fully saturated rings. The number of hydrogen-bond acceptors (Lipinski definition) is 5. The minimum absolute atomic E-state index is 0.112. The first-order valence-corrected chi connectivity index (χ1v) is 9.19. The Morgan fingerprint density at radius 3 is 2.08 bits per heavy atom. The van der Waals surface area contributed by atoms with E-state index in [0.29, 0.717) is 12.8 Å². The lowest BCUT2D eigenvalue weighted by Gasteiger charge is -2.29. The van der Waals surface area contributed by atoms with Crippen molar-refractivity contribution in [2.24, 2.45) is 23.7 Å². The lowest BCUT2D eigenvalue weighted by molar-refractivity contribution is -0.148. The molecule has 2 heterocycles. The van der Waals surface area contributed by atoms with Gasteiger partial charge in [0.15, 0.2) is 0 Å². The van der Waals surface area contributed by atoms with E-state index in [1.165, 1.54) is 4.90 Å². The Balaban J connectivity index is 2.25. The topological polar surface area (TPSA) is 72.9 Å². The number of nitrogens with zero attached hydrogens (tertiary/aromatic N) is 1. The Hall–Kier alpha value is -1.59. The van der Waals surface area contributed by atoms with Crippen molar-refractivity contribution in [3.63, 3.8) is 0 Å². The van der Waals surface area contributed by atoms with Crippen LogP contribution in [0.1, 0.15) is 61.3 Å². The lowest BCUT2D eigenvalue weighted by atomic mass is 9.88. The molecule has 2 aliphatic heterocycles. The highest BCUT2D eigenvalue weighted by Crippen LogP contribution is 2.39. The number of amides is 2. The van der Waals surface area contributed by atoms with E-state index in [4.69, 9.17) is 9.47 Å². The quantitative estimate of drug-likeness (QED) is 0.727.